The number of likely N-dealkylation sites (tertiary alicyclic amines) is 1. The molecule has 208 valence electrons. The summed E-state index contributed by atoms with van der Waals surface area (Å²) in [4.78, 5) is 35.2. The molecule has 5 rings (SSSR count). The van der Waals surface area contributed by atoms with E-state index in [1.807, 2.05) is 38.5 Å². The molecule has 0 bridgehead atoms. The number of aryl methyl sites for hydroxylation is 3. The van der Waals surface area contributed by atoms with E-state index in [9.17, 15) is 9.59 Å². The van der Waals surface area contributed by atoms with Crippen LogP contribution < -0.4 is 10.1 Å². The first kappa shape index (κ1) is 27.1. The van der Waals surface area contributed by atoms with Gasteiger partial charge in [0, 0.05) is 48.6 Å². The predicted octanol–water partition coefficient (Wildman–Crippen LogP) is 5.72. The van der Waals surface area contributed by atoms with Crippen molar-refractivity contribution in [3.05, 3.63) is 34.7 Å². The van der Waals surface area contributed by atoms with Gasteiger partial charge < -0.3 is 28.8 Å². The summed E-state index contributed by atoms with van der Waals surface area (Å²) in [6.07, 6.45) is 1.13. The van der Waals surface area contributed by atoms with E-state index >= 15 is 0 Å². The Morgan fingerprint density at radius 2 is 1.97 bits per heavy atom. The molecule has 39 heavy (non-hydrogen) atoms. The second-order valence-electron chi connectivity index (χ2n) is 11.2. The molecule has 10 heteroatoms. The zero-order chi connectivity index (χ0) is 28.1. The lowest BCUT2D eigenvalue weighted by molar-refractivity contribution is 0.0452. The number of ether oxygens (including phenoxy) is 2. The molecular formula is C29H37N5O4S. The first-order chi connectivity index (χ1) is 18.5. The zero-order valence-electron chi connectivity index (χ0n) is 23.8. The number of hydrogen-bond acceptors (Lipinski definition) is 6. The lowest BCUT2D eigenvalue weighted by Gasteiger charge is -2.33. The van der Waals surface area contributed by atoms with E-state index in [1.54, 1.807) is 29.4 Å². The highest BCUT2D eigenvalue weighted by Gasteiger charge is 2.29. The van der Waals surface area contributed by atoms with Crippen LogP contribution in [0.2, 0.25) is 0 Å². The number of aromatic nitrogens is 3. The Hall–Kier alpha value is -3.53. The van der Waals surface area contributed by atoms with Gasteiger partial charge in [-0.3, -0.25) is 4.79 Å². The standard InChI is InChI=1S/C29H37N5O4S/c1-8-34-22(14-19-12-17(2)39-27(19)34)25-31-21-13-18(15-23(37-7)24(21)32(25)6)26(35)33-11-9-10-20(16-33)30-28(36)38-29(3,4)5/h12-15,20H,8-11,16H2,1-7H3,(H,30,36)/t20-/m1/s1. The van der Waals surface area contributed by atoms with Gasteiger partial charge in [0.2, 0.25) is 0 Å². The van der Waals surface area contributed by atoms with Crippen molar-refractivity contribution in [2.75, 3.05) is 20.2 Å². The van der Waals surface area contributed by atoms with Gasteiger partial charge in [-0.2, -0.15) is 0 Å². The highest BCUT2D eigenvalue weighted by Crippen LogP contribution is 2.36. The zero-order valence-corrected chi connectivity index (χ0v) is 24.6. The van der Waals surface area contributed by atoms with E-state index < -0.39 is 11.7 Å². The van der Waals surface area contributed by atoms with Gasteiger partial charge in [0.25, 0.3) is 5.91 Å². The molecule has 0 unspecified atom stereocenters. The van der Waals surface area contributed by atoms with Crippen molar-refractivity contribution in [2.24, 2.45) is 7.05 Å². The van der Waals surface area contributed by atoms with Gasteiger partial charge in [-0.15, -0.1) is 11.3 Å². The van der Waals surface area contributed by atoms with Gasteiger partial charge in [0.15, 0.2) is 5.82 Å². The number of alkyl carbamates (subject to hydrolysis) is 1. The number of methoxy groups -OCH3 is 1. The van der Waals surface area contributed by atoms with E-state index in [2.05, 4.69) is 35.9 Å². The second-order valence-corrected chi connectivity index (χ2v) is 12.4. The van der Waals surface area contributed by atoms with Crippen molar-refractivity contribution in [1.29, 1.82) is 0 Å². The Kier molecular flexibility index (Phi) is 7.09. The minimum atomic E-state index is -0.574. The third kappa shape index (κ3) is 5.22. The van der Waals surface area contributed by atoms with E-state index in [0.29, 0.717) is 29.9 Å². The van der Waals surface area contributed by atoms with Crippen molar-refractivity contribution >= 4 is 44.6 Å². The molecule has 4 aromatic rings. The number of thiophene rings is 1. The lowest BCUT2D eigenvalue weighted by atomic mass is 10.0. The summed E-state index contributed by atoms with van der Waals surface area (Å²) < 4.78 is 15.5. The molecule has 1 aliphatic rings. The van der Waals surface area contributed by atoms with Crippen LogP contribution in [0.3, 0.4) is 0 Å². The maximum Gasteiger partial charge on any atom is 0.407 e. The van der Waals surface area contributed by atoms with Crippen LogP contribution in [-0.2, 0) is 18.3 Å². The molecule has 0 saturated carbocycles. The van der Waals surface area contributed by atoms with Crippen molar-refractivity contribution in [2.45, 2.75) is 65.6 Å². The third-order valence-electron chi connectivity index (χ3n) is 7.07. The minimum absolute atomic E-state index is 0.106. The molecule has 2 amide bonds. The van der Waals surface area contributed by atoms with E-state index in [0.717, 1.165) is 36.4 Å². The molecule has 1 saturated heterocycles. The quantitative estimate of drug-likeness (QED) is 0.343. The van der Waals surface area contributed by atoms with Crippen molar-refractivity contribution < 1.29 is 19.1 Å². The first-order valence-electron chi connectivity index (χ1n) is 13.4. The lowest BCUT2D eigenvalue weighted by Crippen LogP contribution is -2.50. The Morgan fingerprint density at radius 3 is 2.67 bits per heavy atom. The van der Waals surface area contributed by atoms with E-state index in [1.165, 1.54) is 15.1 Å². The predicted molar refractivity (Wildman–Crippen MR) is 155 cm³/mol. The summed E-state index contributed by atoms with van der Waals surface area (Å²) in [6.45, 7) is 11.6. The fraction of sp³-hybridized carbons (Fsp3) is 0.483. The fourth-order valence-corrected chi connectivity index (χ4v) is 6.49. The first-order valence-corrected chi connectivity index (χ1v) is 14.2. The SMILES string of the molecule is CCn1c(-c2nc3cc(C(=O)N4CCC[C@@H](NC(=O)OC(C)(C)C)C4)cc(OC)c3n2C)cc2cc(C)sc21. The maximum atomic E-state index is 13.6. The average molecular weight is 552 g/mol. The molecule has 1 aliphatic heterocycles. The molecular weight excluding hydrogens is 514 g/mol. The van der Waals surface area contributed by atoms with Gasteiger partial charge >= 0.3 is 6.09 Å². The monoisotopic (exact) mass is 551 g/mol. The van der Waals surface area contributed by atoms with Gasteiger partial charge in [0.05, 0.1) is 18.3 Å². The Balaban J connectivity index is 1.45. The number of rotatable bonds is 5. The summed E-state index contributed by atoms with van der Waals surface area (Å²) >= 11 is 1.78. The molecule has 0 spiro atoms. The van der Waals surface area contributed by atoms with E-state index in [4.69, 9.17) is 14.5 Å². The van der Waals surface area contributed by atoms with Crippen LogP contribution in [0.4, 0.5) is 4.79 Å². The number of carbonyl (C=O) groups excluding carboxylic acids is 2. The summed E-state index contributed by atoms with van der Waals surface area (Å²) in [7, 11) is 3.60. The van der Waals surface area contributed by atoms with Crippen LogP contribution in [-0.4, -0.2) is 62.9 Å². The van der Waals surface area contributed by atoms with Crippen LogP contribution in [0, 0.1) is 6.92 Å². The van der Waals surface area contributed by atoms with Gasteiger partial charge in [-0.1, -0.05) is 0 Å². The number of hydrogen-bond donors (Lipinski definition) is 1. The number of benzene rings is 1. The van der Waals surface area contributed by atoms with Crippen LogP contribution >= 0.6 is 11.3 Å². The van der Waals surface area contributed by atoms with Crippen molar-refractivity contribution in [3.63, 3.8) is 0 Å². The summed E-state index contributed by atoms with van der Waals surface area (Å²) in [5, 5.41) is 4.13. The number of nitrogens with zero attached hydrogens (tertiary/aromatic N) is 4. The van der Waals surface area contributed by atoms with Gasteiger partial charge in [0.1, 0.15) is 21.7 Å². The molecule has 9 nitrogen and oxygen atoms in total. The molecule has 4 heterocycles. The number of piperidine rings is 1. The van der Waals surface area contributed by atoms with Crippen molar-refractivity contribution in [3.8, 4) is 17.3 Å². The van der Waals surface area contributed by atoms with Crippen LogP contribution in [0.15, 0.2) is 24.3 Å². The third-order valence-corrected chi connectivity index (χ3v) is 8.16. The Labute approximate surface area is 232 Å². The Bertz CT molecular complexity index is 1560. The Morgan fingerprint density at radius 1 is 1.21 bits per heavy atom. The van der Waals surface area contributed by atoms with E-state index in [-0.39, 0.29) is 11.9 Å². The highest BCUT2D eigenvalue weighted by atomic mass is 32.1. The molecule has 1 atom stereocenters. The largest absolute Gasteiger partial charge is 0.494 e. The number of amides is 2. The molecule has 0 aliphatic carbocycles. The summed E-state index contributed by atoms with van der Waals surface area (Å²) in [5.74, 6) is 1.33. The average Bonchev–Trinajstić information content (AvgIpc) is 3.51. The normalized spacial score (nSPS) is 16.2. The topological polar surface area (TPSA) is 90.6 Å². The van der Waals surface area contributed by atoms with Gasteiger partial charge in [-0.25, -0.2) is 9.78 Å². The highest BCUT2D eigenvalue weighted by molar-refractivity contribution is 7.18. The number of nitrogens with one attached hydrogen (secondary N) is 1. The summed E-state index contributed by atoms with van der Waals surface area (Å²) in [6, 6.07) is 7.87. The van der Waals surface area contributed by atoms with Gasteiger partial charge in [-0.05, 0) is 71.7 Å². The number of fused-ring (bicyclic) bond motifs is 2. The molecule has 1 aromatic carbocycles. The van der Waals surface area contributed by atoms with Crippen molar-refractivity contribution in [1.82, 2.24) is 24.3 Å². The molecule has 3 aromatic heterocycles. The number of imidazole rings is 1. The van der Waals surface area contributed by atoms with Crippen LogP contribution in [0.1, 0.15) is 55.8 Å². The second kappa shape index (κ2) is 10.2. The molecule has 0 radical (unpaired) electrons. The summed E-state index contributed by atoms with van der Waals surface area (Å²) in [5.41, 5.74) is 2.54. The number of carbonyl (C=O) groups is 2. The van der Waals surface area contributed by atoms with Crippen LogP contribution in [0.25, 0.3) is 32.8 Å². The fourth-order valence-electron chi connectivity index (χ4n) is 5.42. The molecule has 1 N–H and O–H groups in total. The molecule has 1 fully saturated rings. The van der Waals surface area contributed by atoms with Crippen LogP contribution in [0.5, 0.6) is 5.75 Å². The maximum absolute atomic E-state index is 13.6. The minimum Gasteiger partial charge on any atom is -0.494 e. The smallest absolute Gasteiger partial charge is 0.407 e.